The van der Waals surface area contributed by atoms with Crippen LogP contribution in [0.15, 0.2) is 5.10 Å². The van der Waals surface area contributed by atoms with Gasteiger partial charge in [0.25, 0.3) is 0 Å². The summed E-state index contributed by atoms with van der Waals surface area (Å²) in [5.74, 6) is 0.377. The van der Waals surface area contributed by atoms with Gasteiger partial charge in [-0.05, 0) is 13.3 Å². The van der Waals surface area contributed by atoms with Crippen LogP contribution in [0, 0.1) is 16.0 Å². The summed E-state index contributed by atoms with van der Waals surface area (Å²) in [6.07, 6.45) is 0.963. The molecule has 0 spiro atoms. The van der Waals surface area contributed by atoms with E-state index in [0.717, 1.165) is 13.0 Å². The summed E-state index contributed by atoms with van der Waals surface area (Å²) in [5.41, 5.74) is 0. The van der Waals surface area contributed by atoms with Crippen LogP contribution in [0.4, 0.5) is 0 Å². The van der Waals surface area contributed by atoms with Crippen LogP contribution in [0.5, 0.6) is 0 Å². The fourth-order valence-corrected chi connectivity index (χ4v) is 1.30. The molecule has 1 saturated heterocycles. The van der Waals surface area contributed by atoms with Gasteiger partial charge in [-0.15, -0.1) is 0 Å². The Labute approximate surface area is 87.6 Å². The summed E-state index contributed by atoms with van der Waals surface area (Å²) in [6.45, 7) is 4.12. The average molecular weight is 217 g/mol. The van der Waals surface area contributed by atoms with Crippen molar-refractivity contribution in [2.75, 3.05) is 26.4 Å². The molecule has 0 aromatic heterocycles. The second-order valence-electron chi connectivity index (χ2n) is 3.19. The molecule has 1 unspecified atom stereocenters. The largest absolute Gasteiger partial charge is 0.461 e. The number of hydrazone groups is 1. The second kappa shape index (κ2) is 6.18. The number of hydrogen-bond acceptors (Lipinski definition) is 4. The fraction of sp³-hybridized carbons (Fsp3) is 0.875. The van der Waals surface area contributed by atoms with E-state index < -0.39 is 5.03 Å². The number of amidine groups is 1. The summed E-state index contributed by atoms with van der Waals surface area (Å²) >= 11 is 0. The standard InChI is InChI=1S/C8H15N3O4/c1-2-15-8(10-11(12)13)9-5-7-3-4-14-6-7/h7H,2-6H2,1H3,(H,9,10). The van der Waals surface area contributed by atoms with Crippen molar-refractivity contribution >= 4 is 6.02 Å². The predicted octanol–water partition coefficient (Wildman–Crippen LogP) is 0.197. The molecule has 1 N–H and O–H groups in total. The van der Waals surface area contributed by atoms with E-state index in [1.165, 1.54) is 0 Å². The van der Waals surface area contributed by atoms with Gasteiger partial charge in [0.2, 0.25) is 0 Å². The minimum Gasteiger partial charge on any atom is -0.461 e. The van der Waals surface area contributed by atoms with E-state index in [1.807, 2.05) is 0 Å². The minimum atomic E-state index is -0.775. The van der Waals surface area contributed by atoms with Crippen LogP contribution < -0.4 is 5.32 Å². The Hall–Kier alpha value is -1.37. The maximum Gasteiger partial charge on any atom is 0.359 e. The highest BCUT2D eigenvalue weighted by Gasteiger charge is 2.17. The van der Waals surface area contributed by atoms with E-state index in [2.05, 4.69) is 10.4 Å². The lowest BCUT2D eigenvalue weighted by atomic mass is 10.1. The molecular formula is C8H15N3O4. The summed E-state index contributed by atoms with van der Waals surface area (Å²) in [4.78, 5) is 10.2. The zero-order valence-electron chi connectivity index (χ0n) is 8.64. The summed E-state index contributed by atoms with van der Waals surface area (Å²) < 4.78 is 10.1. The van der Waals surface area contributed by atoms with Crippen LogP contribution >= 0.6 is 0 Å². The molecule has 15 heavy (non-hydrogen) atoms. The highest BCUT2D eigenvalue weighted by Crippen LogP contribution is 2.10. The van der Waals surface area contributed by atoms with Gasteiger partial charge in [0.05, 0.1) is 13.2 Å². The molecule has 1 fully saturated rings. The Balaban J connectivity index is 2.33. The molecule has 0 aromatic carbocycles. The van der Waals surface area contributed by atoms with E-state index in [4.69, 9.17) is 9.47 Å². The maximum atomic E-state index is 10.2. The van der Waals surface area contributed by atoms with Crippen molar-refractivity contribution in [3.8, 4) is 0 Å². The molecule has 0 saturated carbocycles. The zero-order valence-corrected chi connectivity index (χ0v) is 8.64. The lowest BCUT2D eigenvalue weighted by Crippen LogP contribution is -2.32. The van der Waals surface area contributed by atoms with Crippen molar-refractivity contribution in [1.29, 1.82) is 0 Å². The van der Waals surface area contributed by atoms with Crippen LogP contribution in [0.3, 0.4) is 0 Å². The van der Waals surface area contributed by atoms with Gasteiger partial charge < -0.3 is 14.8 Å². The summed E-state index contributed by atoms with van der Waals surface area (Å²) in [5, 5.41) is 15.3. The van der Waals surface area contributed by atoms with Gasteiger partial charge in [0.15, 0.2) is 5.03 Å². The minimum absolute atomic E-state index is 0.0330. The first-order valence-electron chi connectivity index (χ1n) is 4.89. The molecule has 7 nitrogen and oxygen atoms in total. The molecule has 0 bridgehead atoms. The topological polar surface area (TPSA) is 86.0 Å². The Morgan fingerprint density at radius 3 is 3.13 bits per heavy atom. The van der Waals surface area contributed by atoms with E-state index >= 15 is 0 Å². The van der Waals surface area contributed by atoms with Gasteiger partial charge in [0, 0.05) is 19.1 Å². The fourth-order valence-electron chi connectivity index (χ4n) is 1.30. The molecule has 1 aliphatic rings. The lowest BCUT2D eigenvalue weighted by molar-refractivity contribution is -0.486. The van der Waals surface area contributed by atoms with Gasteiger partial charge >= 0.3 is 6.02 Å². The number of hydrogen-bond donors (Lipinski definition) is 1. The van der Waals surface area contributed by atoms with Gasteiger partial charge in [-0.1, -0.05) is 0 Å². The lowest BCUT2D eigenvalue weighted by Gasteiger charge is -2.10. The molecule has 0 aromatic rings. The Kier molecular flexibility index (Phi) is 4.82. The van der Waals surface area contributed by atoms with E-state index in [-0.39, 0.29) is 6.02 Å². The Morgan fingerprint density at radius 2 is 2.60 bits per heavy atom. The third-order valence-corrected chi connectivity index (χ3v) is 2.02. The molecular weight excluding hydrogens is 202 g/mol. The number of nitro groups is 1. The molecule has 7 heteroatoms. The normalized spacial score (nSPS) is 21.4. The highest BCUT2D eigenvalue weighted by molar-refractivity contribution is 5.72. The van der Waals surface area contributed by atoms with Crippen molar-refractivity contribution in [1.82, 2.24) is 5.32 Å². The first kappa shape index (κ1) is 11.7. The van der Waals surface area contributed by atoms with Crippen molar-refractivity contribution in [3.63, 3.8) is 0 Å². The third kappa shape index (κ3) is 4.59. The van der Waals surface area contributed by atoms with E-state index in [1.54, 1.807) is 6.92 Å². The molecule has 86 valence electrons. The number of rotatable bonds is 4. The monoisotopic (exact) mass is 217 g/mol. The predicted molar refractivity (Wildman–Crippen MR) is 53.0 cm³/mol. The molecule has 1 atom stereocenters. The van der Waals surface area contributed by atoms with E-state index in [9.17, 15) is 10.1 Å². The summed E-state index contributed by atoms with van der Waals surface area (Å²) in [7, 11) is 0. The SMILES string of the molecule is CCOC(=N[N+](=O)[O-])NCC1CCOC1. The van der Waals surface area contributed by atoms with Gasteiger partial charge in [-0.3, -0.25) is 0 Å². The molecule has 1 heterocycles. The molecule has 1 rings (SSSR count). The van der Waals surface area contributed by atoms with Gasteiger partial charge in [-0.2, -0.15) is 0 Å². The number of nitrogens with one attached hydrogen (secondary N) is 1. The number of ether oxygens (including phenoxy) is 2. The first-order valence-corrected chi connectivity index (χ1v) is 4.89. The molecule has 0 aliphatic carbocycles. The first-order chi connectivity index (χ1) is 7.22. The van der Waals surface area contributed by atoms with Crippen molar-refractivity contribution in [2.45, 2.75) is 13.3 Å². The summed E-state index contributed by atoms with van der Waals surface area (Å²) in [6, 6.07) is -0.0330. The molecule has 0 radical (unpaired) electrons. The van der Waals surface area contributed by atoms with Crippen LogP contribution in [0.1, 0.15) is 13.3 Å². The second-order valence-corrected chi connectivity index (χ2v) is 3.19. The van der Waals surface area contributed by atoms with Crippen LogP contribution in [0.25, 0.3) is 0 Å². The smallest absolute Gasteiger partial charge is 0.359 e. The third-order valence-electron chi connectivity index (χ3n) is 2.02. The number of nitrogens with zero attached hydrogens (tertiary/aromatic N) is 2. The van der Waals surface area contributed by atoms with Gasteiger partial charge in [-0.25, -0.2) is 10.1 Å². The van der Waals surface area contributed by atoms with Crippen molar-refractivity contribution in [2.24, 2.45) is 11.0 Å². The molecule has 0 amide bonds. The van der Waals surface area contributed by atoms with Gasteiger partial charge in [0.1, 0.15) is 5.10 Å². The quantitative estimate of drug-likeness (QED) is 0.314. The molecule has 1 aliphatic heterocycles. The Bertz CT molecular complexity index is 238. The van der Waals surface area contributed by atoms with Crippen molar-refractivity contribution in [3.05, 3.63) is 10.1 Å². The maximum absolute atomic E-state index is 10.2. The van der Waals surface area contributed by atoms with E-state index in [0.29, 0.717) is 25.7 Å². The highest BCUT2D eigenvalue weighted by atomic mass is 16.7. The average Bonchev–Trinajstić information content (AvgIpc) is 2.66. The zero-order chi connectivity index (χ0) is 11.1. The van der Waals surface area contributed by atoms with Crippen LogP contribution in [-0.4, -0.2) is 37.4 Å². The van der Waals surface area contributed by atoms with Crippen LogP contribution in [0.2, 0.25) is 0 Å². The Morgan fingerprint density at radius 1 is 1.80 bits per heavy atom. The van der Waals surface area contributed by atoms with Crippen molar-refractivity contribution < 1.29 is 14.5 Å². The van der Waals surface area contributed by atoms with Crippen LogP contribution in [-0.2, 0) is 9.47 Å².